The summed E-state index contributed by atoms with van der Waals surface area (Å²) in [7, 11) is 0. The van der Waals surface area contributed by atoms with Crippen molar-refractivity contribution in [2.45, 2.75) is 95.9 Å². The molecule has 0 aromatic rings. The van der Waals surface area contributed by atoms with Gasteiger partial charge in [-0.05, 0) is 12.8 Å². The molecule has 2 heterocycles. The van der Waals surface area contributed by atoms with Crippen molar-refractivity contribution in [2.24, 2.45) is 0 Å². The van der Waals surface area contributed by atoms with Crippen molar-refractivity contribution in [3.63, 3.8) is 0 Å². The lowest BCUT2D eigenvalue weighted by Crippen LogP contribution is -2.30. The predicted molar refractivity (Wildman–Crippen MR) is 85.7 cm³/mol. The third-order valence-electron chi connectivity index (χ3n) is 4.75. The third kappa shape index (κ3) is 6.25. The van der Waals surface area contributed by atoms with Gasteiger partial charge in [0.2, 0.25) is 0 Å². The predicted octanol–water partition coefficient (Wildman–Crippen LogP) is 4.48. The number of unbranched alkanes of at least 4 members (excludes halogenated alkanes) is 9. The van der Waals surface area contributed by atoms with Crippen molar-refractivity contribution in [3.05, 3.63) is 0 Å². The number of ether oxygens (including phenoxy) is 3. The fourth-order valence-corrected chi connectivity index (χ4v) is 3.40. The van der Waals surface area contributed by atoms with Crippen molar-refractivity contribution in [1.82, 2.24) is 0 Å². The Kier molecular flexibility index (Phi) is 8.68. The molecule has 0 aromatic heterocycles. The maximum absolute atomic E-state index is 5.94. The Morgan fingerprint density at radius 2 is 1.52 bits per heavy atom. The molecule has 0 saturated carbocycles. The lowest BCUT2D eigenvalue weighted by molar-refractivity contribution is -0.0318. The summed E-state index contributed by atoms with van der Waals surface area (Å²) in [4.78, 5) is 0. The van der Waals surface area contributed by atoms with E-state index in [0.29, 0.717) is 6.10 Å². The summed E-state index contributed by atoms with van der Waals surface area (Å²) in [6.07, 6.45) is 15.5. The molecule has 124 valence electrons. The molecule has 0 aliphatic carbocycles. The Hall–Kier alpha value is -0.120. The van der Waals surface area contributed by atoms with Gasteiger partial charge in [0.15, 0.2) is 0 Å². The normalized spacial score (nSPS) is 28.1. The zero-order valence-corrected chi connectivity index (χ0v) is 13.9. The van der Waals surface area contributed by atoms with Crippen LogP contribution in [0.25, 0.3) is 0 Å². The summed E-state index contributed by atoms with van der Waals surface area (Å²) in [6.45, 7) is 4.72. The molecule has 2 saturated heterocycles. The molecule has 0 aromatic carbocycles. The van der Waals surface area contributed by atoms with Crippen molar-refractivity contribution >= 4 is 0 Å². The SMILES string of the molecule is CCCCCCCCCCCCO[C@@H]1COC2CCOC21. The monoisotopic (exact) mass is 298 g/mol. The molecule has 0 spiro atoms. The van der Waals surface area contributed by atoms with E-state index in [0.717, 1.165) is 26.2 Å². The van der Waals surface area contributed by atoms with Gasteiger partial charge >= 0.3 is 0 Å². The average Bonchev–Trinajstić information content (AvgIpc) is 3.09. The lowest BCUT2D eigenvalue weighted by Gasteiger charge is -2.16. The first-order valence-electron chi connectivity index (χ1n) is 9.26. The van der Waals surface area contributed by atoms with Gasteiger partial charge in [-0.15, -0.1) is 0 Å². The van der Waals surface area contributed by atoms with Crippen LogP contribution >= 0.6 is 0 Å². The minimum atomic E-state index is 0.191. The molecule has 2 unspecified atom stereocenters. The summed E-state index contributed by atoms with van der Waals surface area (Å²) < 4.78 is 17.3. The highest BCUT2D eigenvalue weighted by molar-refractivity contribution is 4.89. The Morgan fingerprint density at radius 1 is 0.857 bits per heavy atom. The van der Waals surface area contributed by atoms with E-state index in [1.165, 1.54) is 64.2 Å². The topological polar surface area (TPSA) is 27.7 Å². The fraction of sp³-hybridized carbons (Fsp3) is 1.00. The van der Waals surface area contributed by atoms with Crippen LogP contribution in [0.15, 0.2) is 0 Å². The van der Waals surface area contributed by atoms with Crippen LogP contribution < -0.4 is 0 Å². The summed E-state index contributed by atoms with van der Waals surface area (Å²) in [6, 6.07) is 0. The van der Waals surface area contributed by atoms with Crippen LogP contribution in [0.5, 0.6) is 0 Å². The molecule has 2 aliphatic heterocycles. The van der Waals surface area contributed by atoms with E-state index in [9.17, 15) is 0 Å². The van der Waals surface area contributed by atoms with Gasteiger partial charge in [-0.25, -0.2) is 0 Å². The van der Waals surface area contributed by atoms with Crippen LogP contribution in [-0.2, 0) is 14.2 Å². The lowest BCUT2D eigenvalue weighted by atomic mass is 10.1. The van der Waals surface area contributed by atoms with Gasteiger partial charge in [0.05, 0.1) is 12.7 Å². The largest absolute Gasteiger partial charge is 0.373 e. The second-order valence-corrected chi connectivity index (χ2v) is 6.59. The fourth-order valence-electron chi connectivity index (χ4n) is 3.40. The smallest absolute Gasteiger partial charge is 0.112 e. The van der Waals surface area contributed by atoms with E-state index < -0.39 is 0 Å². The van der Waals surface area contributed by atoms with Crippen LogP contribution in [0, 0.1) is 0 Å². The Labute approximate surface area is 130 Å². The minimum absolute atomic E-state index is 0.191. The molecule has 3 atom stereocenters. The minimum Gasteiger partial charge on any atom is -0.373 e. The number of hydrogen-bond donors (Lipinski definition) is 0. The zero-order valence-electron chi connectivity index (χ0n) is 13.9. The van der Waals surface area contributed by atoms with Crippen LogP contribution in [0.3, 0.4) is 0 Å². The summed E-state index contributed by atoms with van der Waals surface area (Å²) >= 11 is 0. The molecule has 21 heavy (non-hydrogen) atoms. The van der Waals surface area contributed by atoms with Crippen molar-refractivity contribution < 1.29 is 14.2 Å². The van der Waals surface area contributed by atoms with Crippen LogP contribution in [0.4, 0.5) is 0 Å². The third-order valence-corrected chi connectivity index (χ3v) is 4.75. The number of rotatable bonds is 12. The molecule has 2 fully saturated rings. The average molecular weight is 298 g/mol. The first-order chi connectivity index (χ1) is 10.4. The highest BCUT2D eigenvalue weighted by Crippen LogP contribution is 2.28. The Balaban J connectivity index is 1.34. The van der Waals surface area contributed by atoms with Crippen LogP contribution in [0.2, 0.25) is 0 Å². The van der Waals surface area contributed by atoms with E-state index in [-0.39, 0.29) is 12.2 Å². The van der Waals surface area contributed by atoms with E-state index >= 15 is 0 Å². The van der Waals surface area contributed by atoms with Gasteiger partial charge in [-0.1, -0.05) is 64.7 Å². The van der Waals surface area contributed by atoms with Gasteiger partial charge in [0.25, 0.3) is 0 Å². The second kappa shape index (κ2) is 10.6. The van der Waals surface area contributed by atoms with Gasteiger partial charge in [-0.3, -0.25) is 0 Å². The quantitative estimate of drug-likeness (QED) is 0.497. The molecule has 0 radical (unpaired) electrons. The highest BCUT2D eigenvalue weighted by atomic mass is 16.6. The maximum Gasteiger partial charge on any atom is 0.112 e. The van der Waals surface area contributed by atoms with Crippen molar-refractivity contribution in [1.29, 1.82) is 0 Å². The van der Waals surface area contributed by atoms with E-state index in [2.05, 4.69) is 6.92 Å². The van der Waals surface area contributed by atoms with Gasteiger partial charge in [0, 0.05) is 13.2 Å². The van der Waals surface area contributed by atoms with Crippen molar-refractivity contribution in [3.8, 4) is 0 Å². The molecule has 0 N–H and O–H groups in total. The highest BCUT2D eigenvalue weighted by Gasteiger charge is 2.42. The number of hydrogen-bond acceptors (Lipinski definition) is 3. The van der Waals surface area contributed by atoms with Gasteiger partial charge < -0.3 is 14.2 Å². The first kappa shape index (κ1) is 17.2. The molecule has 2 rings (SSSR count). The molecule has 0 amide bonds. The molecular weight excluding hydrogens is 264 g/mol. The van der Waals surface area contributed by atoms with Crippen LogP contribution in [-0.4, -0.2) is 38.1 Å². The van der Waals surface area contributed by atoms with Gasteiger partial charge in [-0.2, -0.15) is 0 Å². The molecule has 2 aliphatic rings. The van der Waals surface area contributed by atoms with E-state index in [1.807, 2.05) is 0 Å². The Bertz CT molecular complexity index is 257. The molecule has 3 nitrogen and oxygen atoms in total. The van der Waals surface area contributed by atoms with Gasteiger partial charge in [0.1, 0.15) is 12.2 Å². The zero-order chi connectivity index (χ0) is 14.8. The van der Waals surface area contributed by atoms with E-state index in [1.54, 1.807) is 0 Å². The molecule has 3 heteroatoms. The summed E-state index contributed by atoms with van der Waals surface area (Å²) in [5.74, 6) is 0. The van der Waals surface area contributed by atoms with Crippen LogP contribution in [0.1, 0.15) is 77.6 Å². The first-order valence-corrected chi connectivity index (χ1v) is 9.26. The molecular formula is C18H34O3. The Morgan fingerprint density at radius 3 is 2.24 bits per heavy atom. The number of fused-ring (bicyclic) bond motifs is 1. The summed E-state index contributed by atoms with van der Waals surface area (Å²) in [5, 5.41) is 0. The molecule has 0 bridgehead atoms. The second-order valence-electron chi connectivity index (χ2n) is 6.59. The van der Waals surface area contributed by atoms with E-state index in [4.69, 9.17) is 14.2 Å². The maximum atomic E-state index is 5.94. The summed E-state index contributed by atoms with van der Waals surface area (Å²) in [5.41, 5.74) is 0. The standard InChI is InChI=1S/C18H34O3/c1-2-3-4-5-6-7-8-9-10-11-13-19-17-15-21-16-12-14-20-18(16)17/h16-18H,2-15H2,1H3/t16?,17-,18?/m1/s1. The van der Waals surface area contributed by atoms with Crippen molar-refractivity contribution in [2.75, 3.05) is 19.8 Å².